The van der Waals surface area contributed by atoms with Crippen LogP contribution in [0, 0.1) is 11.6 Å². The minimum Gasteiger partial charge on any atom is -0.385 e. The fourth-order valence-electron chi connectivity index (χ4n) is 1.83. The van der Waals surface area contributed by atoms with Crippen molar-refractivity contribution in [3.63, 3.8) is 0 Å². The summed E-state index contributed by atoms with van der Waals surface area (Å²) in [6.07, 6.45) is 3.90. The molecule has 19 heavy (non-hydrogen) atoms. The maximum absolute atomic E-state index is 13.9. The van der Waals surface area contributed by atoms with E-state index in [4.69, 9.17) is 16.3 Å². The predicted octanol–water partition coefficient (Wildman–Crippen LogP) is 3.52. The summed E-state index contributed by atoms with van der Waals surface area (Å²) < 4.78 is 34.4. The van der Waals surface area contributed by atoms with Crippen LogP contribution in [0.15, 0.2) is 24.5 Å². The van der Waals surface area contributed by atoms with Crippen LogP contribution in [0.4, 0.5) is 8.78 Å². The van der Waals surface area contributed by atoms with Crippen molar-refractivity contribution in [3.05, 3.63) is 41.2 Å². The Labute approximate surface area is 114 Å². The van der Waals surface area contributed by atoms with Gasteiger partial charge in [0.1, 0.15) is 11.6 Å². The van der Waals surface area contributed by atoms with E-state index in [0.29, 0.717) is 13.2 Å². The lowest BCUT2D eigenvalue weighted by Crippen LogP contribution is -2.05. The van der Waals surface area contributed by atoms with Crippen LogP contribution in [0.2, 0.25) is 5.02 Å². The fraction of sp³-hybridized carbons (Fsp3) is 0.308. The van der Waals surface area contributed by atoms with Gasteiger partial charge in [-0.05, 0) is 18.6 Å². The van der Waals surface area contributed by atoms with Crippen LogP contribution in [0.5, 0.6) is 0 Å². The van der Waals surface area contributed by atoms with E-state index >= 15 is 0 Å². The van der Waals surface area contributed by atoms with Crippen LogP contribution in [-0.4, -0.2) is 23.3 Å². The highest BCUT2D eigenvalue weighted by atomic mass is 35.5. The van der Waals surface area contributed by atoms with Gasteiger partial charge in [-0.2, -0.15) is 0 Å². The number of rotatable bonds is 5. The van der Waals surface area contributed by atoms with E-state index in [1.54, 1.807) is 17.9 Å². The lowest BCUT2D eigenvalue weighted by molar-refractivity contribution is 0.190. The minimum atomic E-state index is -0.791. The first-order chi connectivity index (χ1) is 9.15. The molecule has 0 saturated heterocycles. The number of ether oxygens (including phenoxy) is 1. The SMILES string of the molecule is COCCCn1ccnc1-c1c(F)ccc(Cl)c1F. The summed E-state index contributed by atoms with van der Waals surface area (Å²) >= 11 is 5.68. The van der Waals surface area contributed by atoms with Crippen molar-refractivity contribution in [3.8, 4) is 11.4 Å². The second kappa shape index (κ2) is 6.12. The van der Waals surface area contributed by atoms with Crippen LogP contribution in [-0.2, 0) is 11.3 Å². The molecule has 6 heteroatoms. The molecule has 3 nitrogen and oxygen atoms in total. The number of nitrogens with zero attached hydrogens (tertiary/aromatic N) is 2. The molecule has 0 N–H and O–H groups in total. The Bertz CT molecular complexity index is 572. The Balaban J connectivity index is 2.37. The second-order valence-electron chi connectivity index (χ2n) is 4.01. The summed E-state index contributed by atoms with van der Waals surface area (Å²) in [6, 6.07) is 2.32. The van der Waals surface area contributed by atoms with Gasteiger partial charge in [0.15, 0.2) is 5.82 Å². The van der Waals surface area contributed by atoms with Gasteiger partial charge in [0.05, 0.1) is 10.6 Å². The highest BCUT2D eigenvalue weighted by molar-refractivity contribution is 6.31. The van der Waals surface area contributed by atoms with Gasteiger partial charge in [0.2, 0.25) is 0 Å². The molecule has 1 aromatic carbocycles. The molecule has 0 radical (unpaired) electrons. The van der Waals surface area contributed by atoms with Crippen molar-refractivity contribution >= 4 is 11.6 Å². The standard InChI is InChI=1S/C13H13ClF2N2O/c1-19-8-2-6-18-7-5-17-13(18)11-10(15)4-3-9(14)12(11)16/h3-5,7H,2,6,8H2,1H3. The molecule has 0 atom stereocenters. The van der Waals surface area contributed by atoms with E-state index in [9.17, 15) is 8.78 Å². The van der Waals surface area contributed by atoms with E-state index in [2.05, 4.69) is 4.98 Å². The summed E-state index contributed by atoms with van der Waals surface area (Å²) in [5, 5.41) is -0.122. The molecule has 1 heterocycles. The van der Waals surface area contributed by atoms with Crippen LogP contribution in [0.25, 0.3) is 11.4 Å². The number of aromatic nitrogens is 2. The summed E-state index contributed by atoms with van der Waals surface area (Å²) in [5.41, 5.74) is -0.199. The number of hydrogen-bond donors (Lipinski definition) is 0. The van der Waals surface area contributed by atoms with E-state index < -0.39 is 11.6 Å². The maximum Gasteiger partial charge on any atom is 0.155 e. The fourth-order valence-corrected chi connectivity index (χ4v) is 1.99. The molecule has 1 aromatic heterocycles. The third-order valence-electron chi connectivity index (χ3n) is 2.73. The first-order valence-corrected chi connectivity index (χ1v) is 6.17. The van der Waals surface area contributed by atoms with E-state index in [1.165, 1.54) is 12.3 Å². The first kappa shape index (κ1) is 14.0. The largest absolute Gasteiger partial charge is 0.385 e. The molecule has 0 unspecified atom stereocenters. The Morgan fingerprint density at radius 3 is 2.89 bits per heavy atom. The maximum atomic E-state index is 13.9. The van der Waals surface area contributed by atoms with Crippen LogP contribution in [0.1, 0.15) is 6.42 Å². The second-order valence-corrected chi connectivity index (χ2v) is 4.42. The van der Waals surface area contributed by atoms with Crippen molar-refractivity contribution in [2.45, 2.75) is 13.0 Å². The lowest BCUT2D eigenvalue weighted by Gasteiger charge is -2.10. The third-order valence-corrected chi connectivity index (χ3v) is 3.02. The van der Waals surface area contributed by atoms with Gasteiger partial charge in [-0.25, -0.2) is 13.8 Å². The number of benzene rings is 1. The monoisotopic (exact) mass is 286 g/mol. The molecular weight excluding hydrogens is 274 g/mol. The zero-order valence-corrected chi connectivity index (χ0v) is 11.1. The Morgan fingerprint density at radius 2 is 2.16 bits per heavy atom. The number of aryl methyl sites for hydroxylation is 1. The minimum absolute atomic E-state index is 0.122. The van der Waals surface area contributed by atoms with Crippen LogP contribution in [0.3, 0.4) is 0 Å². The summed E-state index contributed by atoms with van der Waals surface area (Å²) in [5.74, 6) is -1.24. The molecule has 2 aromatic rings. The summed E-state index contributed by atoms with van der Waals surface area (Å²) in [7, 11) is 1.60. The number of methoxy groups -OCH3 is 1. The lowest BCUT2D eigenvalue weighted by atomic mass is 10.2. The smallest absolute Gasteiger partial charge is 0.155 e. The quantitative estimate of drug-likeness (QED) is 0.621. The molecule has 0 saturated carbocycles. The molecule has 0 amide bonds. The summed E-state index contributed by atoms with van der Waals surface area (Å²) in [6.45, 7) is 1.13. The zero-order valence-electron chi connectivity index (χ0n) is 10.4. The van der Waals surface area contributed by atoms with Gasteiger partial charge in [-0.3, -0.25) is 0 Å². The molecule has 0 bridgehead atoms. The van der Waals surface area contributed by atoms with Gasteiger partial charge in [0.25, 0.3) is 0 Å². The number of imidazole rings is 1. The molecule has 0 spiro atoms. The van der Waals surface area contributed by atoms with Gasteiger partial charge in [0, 0.05) is 32.7 Å². The first-order valence-electron chi connectivity index (χ1n) is 5.79. The average molecular weight is 287 g/mol. The number of hydrogen-bond acceptors (Lipinski definition) is 2. The number of halogens is 3. The highest BCUT2D eigenvalue weighted by Crippen LogP contribution is 2.29. The topological polar surface area (TPSA) is 27.1 Å². The average Bonchev–Trinajstić information content (AvgIpc) is 2.83. The molecule has 0 aliphatic heterocycles. The van der Waals surface area contributed by atoms with Crippen molar-refractivity contribution in [1.82, 2.24) is 9.55 Å². The Morgan fingerprint density at radius 1 is 1.37 bits per heavy atom. The predicted molar refractivity (Wildman–Crippen MR) is 69.1 cm³/mol. The molecular formula is C13H13ClF2N2O. The van der Waals surface area contributed by atoms with Crippen molar-refractivity contribution in [2.75, 3.05) is 13.7 Å². The van der Waals surface area contributed by atoms with E-state index in [0.717, 1.165) is 12.5 Å². The van der Waals surface area contributed by atoms with Crippen molar-refractivity contribution in [1.29, 1.82) is 0 Å². The van der Waals surface area contributed by atoms with Gasteiger partial charge >= 0.3 is 0 Å². The van der Waals surface area contributed by atoms with Gasteiger partial charge in [-0.1, -0.05) is 11.6 Å². The Hall–Kier alpha value is -1.46. The highest BCUT2D eigenvalue weighted by Gasteiger charge is 2.18. The molecule has 0 aliphatic carbocycles. The molecule has 2 rings (SSSR count). The third kappa shape index (κ3) is 2.93. The van der Waals surface area contributed by atoms with Crippen molar-refractivity contribution in [2.24, 2.45) is 0 Å². The van der Waals surface area contributed by atoms with E-state index in [1.807, 2.05) is 0 Å². The Kier molecular flexibility index (Phi) is 4.50. The van der Waals surface area contributed by atoms with Crippen LogP contribution < -0.4 is 0 Å². The van der Waals surface area contributed by atoms with Gasteiger partial charge in [-0.15, -0.1) is 0 Å². The van der Waals surface area contributed by atoms with Crippen molar-refractivity contribution < 1.29 is 13.5 Å². The van der Waals surface area contributed by atoms with E-state index in [-0.39, 0.29) is 16.4 Å². The molecule has 102 valence electrons. The molecule has 0 aliphatic rings. The zero-order chi connectivity index (χ0) is 13.8. The van der Waals surface area contributed by atoms with Crippen LogP contribution >= 0.6 is 11.6 Å². The molecule has 0 fully saturated rings. The normalized spacial score (nSPS) is 10.9. The van der Waals surface area contributed by atoms with Gasteiger partial charge < -0.3 is 9.30 Å². The summed E-state index contributed by atoms with van der Waals surface area (Å²) in [4.78, 5) is 4.01.